The van der Waals surface area contributed by atoms with Gasteiger partial charge in [-0.15, -0.1) is 0 Å². The maximum absolute atomic E-state index is 13.5. The molecule has 0 saturated heterocycles. The van der Waals surface area contributed by atoms with Gasteiger partial charge in [0.05, 0.1) is 0 Å². The van der Waals surface area contributed by atoms with Gasteiger partial charge >= 0.3 is 0 Å². The minimum atomic E-state index is -0.466. The first kappa shape index (κ1) is 21.8. The number of hydrogen-bond donors (Lipinski definition) is 1. The van der Waals surface area contributed by atoms with Crippen LogP contribution in [0.4, 0.5) is 0 Å². The normalized spacial score (nSPS) is 13.2. The zero-order valence-electron chi connectivity index (χ0n) is 18.8. The molecule has 1 aliphatic rings. The van der Waals surface area contributed by atoms with Crippen molar-refractivity contribution in [2.45, 2.75) is 52.5 Å². The molecule has 1 N–H and O–H groups in total. The minimum Gasteiger partial charge on any atom is -0.348 e. The van der Waals surface area contributed by atoms with E-state index in [1.54, 1.807) is 4.57 Å². The number of Topliss-reactive ketones (excluding diaryl/α,β-unsaturated/α-hetero) is 1. The van der Waals surface area contributed by atoms with E-state index in [0.29, 0.717) is 48.7 Å². The average Bonchev–Trinajstić information content (AvgIpc) is 2.78. The lowest BCUT2D eigenvalue weighted by Crippen LogP contribution is -2.36. The highest BCUT2D eigenvalue weighted by Gasteiger charge is 2.26. The summed E-state index contributed by atoms with van der Waals surface area (Å²) in [6, 6.07) is 17.1. The van der Waals surface area contributed by atoms with Crippen LogP contribution in [-0.4, -0.2) is 16.3 Å². The first-order valence-electron chi connectivity index (χ1n) is 11.1. The fraction of sp³-hybridized carbons (Fsp3) is 0.296. The molecule has 5 heteroatoms. The Morgan fingerprint density at radius 1 is 1.03 bits per heavy atom. The highest BCUT2D eigenvalue weighted by Crippen LogP contribution is 2.24. The summed E-state index contributed by atoms with van der Waals surface area (Å²) < 4.78 is 1.55. The van der Waals surface area contributed by atoms with Crippen LogP contribution >= 0.6 is 0 Å². The summed E-state index contributed by atoms with van der Waals surface area (Å²) in [5, 5.41) is 2.86. The van der Waals surface area contributed by atoms with Crippen molar-refractivity contribution in [2.24, 2.45) is 0 Å². The lowest BCUT2D eigenvalue weighted by Gasteiger charge is -2.22. The molecule has 0 saturated carbocycles. The standard InChI is InChI=1S/C27H28N2O3/c1-17(2)19-11-13-21(14-12-19)29-24-9-6-10-25(30)22(24)15-23(27(29)32)26(31)28-16-20-8-5-4-7-18(20)3/h4-5,7-8,11-15,17H,6,9-10,16H2,1-3H3,(H,28,31). The van der Waals surface area contributed by atoms with Crippen LogP contribution in [-0.2, 0) is 13.0 Å². The van der Waals surface area contributed by atoms with Crippen LogP contribution in [0, 0.1) is 6.92 Å². The van der Waals surface area contributed by atoms with Crippen LogP contribution in [0.15, 0.2) is 59.4 Å². The van der Waals surface area contributed by atoms with Gasteiger partial charge in [0.2, 0.25) is 0 Å². The van der Waals surface area contributed by atoms with E-state index in [2.05, 4.69) is 19.2 Å². The average molecular weight is 429 g/mol. The molecule has 1 heterocycles. The second kappa shape index (κ2) is 8.95. The van der Waals surface area contributed by atoms with Gasteiger partial charge in [0.1, 0.15) is 5.56 Å². The maximum Gasteiger partial charge on any atom is 0.268 e. The van der Waals surface area contributed by atoms with Crippen LogP contribution < -0.4 is 10.9 Å². The SMILES string of the molecule is Cc1ccccc1CNC(=O)c1cc2c(n(-c3ccc(C(C)C)cc3)c1=O)CCCC2=O. The van der Waals surface area contributed by atoms with Gasteiger partial charge in [0.25, 0.3) is 11.5 Å². The van der Waals surface area contributed by atoms with Gasteiger partial charge in [0.15, 0.2) is 5.78 Å². The van der Waals surface area contributed by atoms with Crippen LogP contribution in [0.2, 0.25) is 0 Å². The maximum atomic E-state index is 13.5. The quantitative estimate of drug-likeness (QED) is 0.639. The molecule has 3 aromatic rings. The number of aryl methyl sites for hydroxylation is 1. The second-order valence-corrected chi connectivity index (χ2v) is 8.69. The van der Waals surface area contributed by atoms with E-state index in [4.69, 9.17) is 0 Å². The third-order valence-electron chi connectivity index (χ3n) is 6.18. The van der Waals surface area contributed by atoms with Crippen molar-refractivity contribution in [3.05, 3.63) is 98.5 Å². The number of pyridine rings is 1. The van der Waals surface area contributed by atoms with Crippen molar-refractivity contribution >= 4 is 11.7 Å². The lowest BCUT2D eigenvalue weighted by molar-refractivity contribution is 0.0949. The summed E-state index contributed by atoms with van der Waals surface area (Å²) in [7, 11) is 0. The Labute approximate surface area is 188 Å². The van der Waals surface area contributed by atoms with Crippen LogP contribution in [0.25, 0.3) is 5.69 Å². The number of ketones is 1. The Balaban J connectivity index is 1.76. The van der Waals surface area contributed by atoms with E-state index in [0.717, 1.165) is 11.1 Å². The number of carbonyl (C=O) groups excluding carboxylic acids is 2. The molecular formula is C27H28N2O3. The monoisotopic (exact) mass is 428 g/mol. The number of benzene rings is 2. The summed E-state index contributed by atoms with van der Waals surface area (Å²) in [6.45, 7) is 6.52. The Morgan fingerprint density at radius 3 is 2.44 bits per heavy atom. The van der Waals surface area contributed by atoms with E-state index in [-0.39, 0.29) is 11.3 Å². The number of carbonyl (C=O) groups is 2. The molecule has 0 unspecified atom stereocenters. The number of aromatic nitrogens is 1. The highest BCUT2D eigenvalue weighted by molar-refractivity contribution is 6.02. The molecule has 0 bridgehead atoms. The molecule has 0 fully saturated rings. The number of nitrogens with zero attached hydrogens (tertiary/aromatic N) is 1. The number of amides is 1. The van der Waals surface area contributed by atoms with E-state index >= 15 is 0 Å². The summed E-state index contributed by atoms with van der Waals surface area (Å²) in [4.78, 5) is 39.2. The molecule has 0 radical (unpaired) electrons. The molecule has 2 aromatic carbocycles. The summed E-state index contributed by atoms with van der Waals surface area (Å²) in [6.07, 6.45) is 1.77. The molecular weight excluding hydrogens is 400 g/mol. The van der Waals surface area contributed by atoms with Crippen molar-refractivity contribution in [3.63, 3.8) is 0 Å². The number of fused-ring (bicyclic) bond motifs is 1. The third-order valence-corrected chi connectivity index (χ3v) is 6.18. The molecule has 32 heavy (non-hydrogen) atoms. The van der Waals surface area contributed by atoms with Crippen LogP contribution in [0.1, 0.15) is 75.7 Å². The van der Waals surface area contributed by atoms with Crippen molar-refractivity contribution in [3.8, 4) is 5.69 Å². The van der Waals surface area contributed by atoms with Crippen molar-refractivity contribution in [1.29, 1.82) is 0 Å². The zero-order valence-corrected chi connectivity index (χ0v) is 18.8. The molecule has 5 nitrogen and oxygen atoms in total. The van der Waals surface area contributed by atoms with Crippen molar-refractivity contribution < 1.29 is 9.59 Å². The van der Waals surface area contributed by atoms with Gasteiger partial charge in [-0.1, -0.05) is 50.2 Å². The molecule has 164 valence electrons. The predicted octanol–water partition coefficient (Wildman–Crippen LogP) is 4.72. The number of hydrogen-bond acceptors (Lipinski definition) is 3. The predicted molar refractivity (Wildman–Crippen MR) is 126 cm³/mol. The zero-order chi connectivity index (χ0) is 22.8. The first-order valence-corrected chi connectivity index (χ1v) is 11.1. The summed E-state index contributed by atoms with van der Waals surface area (Å²) in [5.41, 5.74) is 4.68. The van der Waals surface area contributed by atoms with E-state index in [1.807, 2.05) is 55.5 Å². The lowest BCUT2D eigenvalue weighted by atomic mass is 9.92. The summed E-state index contributed by atoms with van der Waals surface area (Å²) >= 11 is 0. The topological polar surface area (TPSA) is 68.2 Å². The van der Waals surface area contributed by atoms with E-state index in [1.165, 1.54) is 11.6 Å². The molecule has 1 amide bonds. The molecule has 0 spiro atoms. The fourth-order valence-electron chi connectivity index (χ4n) is 4.22. The molecule has 0 atom stereocenters. The summed E-state index contributed by atoms with van der Waals surface area (Å²) in [5.74, 6) is -0.117. The largest absolute Gasteiger partial charge is 0.348 e. The van der Waals surface area contributed by atoms with Crippen molar-refractivity contribution in [2.75, 3.05) is 0 Å². The van der Waals surface area contributed by atoms with Gasteiger partial charge in [-0.2, -0.15) is 0 Å². The molecule has 0 aliphatic heterocycles. The minimum absolute atomic E-state index is 0.000482. The Hall–Kier alpha value is -3.47. The van der Waals surface area contributed by atoms with Crippen LogP contribution in [0.3, 0.4) is 0 Å². The number of nitrogens with one attached hydrogen (secondary N) is 1. The van der Waals surface area contributed by atoms with E-state index < -0.39 is 11.5 Å². The molecule has 1 aliphatic carbocycles. The Morgan fingerprint density at radius 2 is 1.75 bits per heavy atom. The third kappa shape index (κ3) is 4.15. The Kier molecular flexibility index (Phi) is 6.08. The van der Waals surface area contributed by atoms with Gasteiger partial charge in [-0.05, 0) is 60.6 Å². The fourth-order valence-corrected chi connectivity index (χ4v) is 4.22. The van der Waals surface area contributed by atoms with Gasteiger partial charge < -0.3 is 5.32 Å². The molecule has 4 rings (SSSR count). The number of rotatable bonds is 5. The first-order chi connectivity index (χ1) is 15.4. The van der Waals surface area contributed by atoms with Crippen molar-refractivity contribution in [1.82, 2.24) is 9.88 Å². The second-order valence-electron chi connectivity index (χ2n) is 8.69. The van der Waals surface area contributed by atoms with Gasteiger partial charge in [0, 0.05) is 29.9 Å². The molecule has 1 aromatic heterocycles. The highest BCUT2D eigenvalue weighted by atomic mass is 16.2. The van der Waals surface area contributed by atoms with Gasteiger partial charge in [-0.3, -0.25) is 19.0 Å². The smallest absolute Gasteiger partial charge is 0.268 e. The Bertz CT molecular complexity index is 1240. The van der Waals surface area contributed by atoms with Gasteiger partial charge in [-0.25, -0.2) is 0 Å². The van der Waals surface area contributed by atoms with Crippen LogP contribution in [0.5, 0.6) is 0 Å². The van der Waals surface area contributed by atoms with E-state index in [9.17, 15) is 14.4 Å².